The van der Waals surface area contributed by atoms with Gasteiger partial charge in [-0.05, 0) is 63.8 Å². The molecule has 0 bridgehead atoms. The van der Waals surface area contributed by atoms with Crippen LogP contribution in [-0.4, -0.2) is 93.6 Å². The lowest BCUT2D eigenvalue weighted by Gasteiger charge is -2.37. The molecule has 1 atom stereocenters. The zero-order valence-corrected chi connectivity index (χ0v) is 21.5. The van der Waals surface area contributed by atoms with Crippen molar-refractivity contribution in [2.75, 3.05) is 53.0 Å². The number of carbonyl (C=O) groups excluding carboxylic acids is 1. The number of hydrogen-bond acceptors (Lipinski definition) is 6. The average molecular weight is 482 g/mol. The van der Waals surface area contributed by atoms with E-state index in [9.17, 15) is 13.2 Å². The molecule has 9 heteroatoms. The van der Waals surface area contributed by atoms with Crippen LogP contribution in [0, 0.1) is 13.8 Å². The number of nitrogens with zero attached hydrogens (tertiary/aromatic N) is 3. The van der Waals surface area contributed by atoms with E-state index in [-0.39, 0.29) is 25.2 Å². The largest absolute Gasteiger partial charge is 0.497 e. The van der Waals surface area contributed by atoms with Gasteiger partial charge < -0.3 is 14.4 Å². The van der Waals surface area contributed by atoms with E-state index >= 15 is 0 Å². The Morgan fingerprint density at radius 2 is 1.70 bits per heavy atom. The van der Waals surface area contributed by atoms with Gasteiger partial charge in [-0.1, -0.05) is 6.42 Å². The van der Waals surface area contributed by atoms with Crippen LogP contribution < -0.4 is 4.74 Å². The number of sulfonamides is 1. The molecule has 1 aromatic rings. The van der Waals surface area contributed by atoms with Crippen LogP contribution in [0.25, 0.3) is 0 Å². The number of amides is 1. The Hall–Kier alpha value is -1.68. The SMILES string of the molecule is COc1cc(C)c(S(=O)(=O)N2CCCCC2COCC(=O)N2CCN(C(C)C)CC2)c(C)c1. The highest BCUT2D eigenvalue weighted by Gasteiger charge is 2.36. The third-order valence-corrected chi connectivity index (χ3v) is 9.00. The van der Waals surface area contributed by atoms with Gasteiger partial charge in [0.05, 0.1) is 18.6 Å². The van der Waals surface area contributed by atoms with Crippen molar-refractivity contribution in [2.45, 2.75) is 63.9 Å². The number of aryl methyl sites for hydroxylation is 2. The first-order valence-electron chi connectivity index (χ1n) is 11.9. The molecule has 0 radical (unpaired) electrons. The van der Waals surface area contributed by atoms with Crippen molar-refractivity contribution in [1.82, 2.24) is 14.1 Å². The summed E-state index contributed by atoms with van der Waals surface area (Å²) in [5.41, 5.74) is 1.35. The lowest BCUT2D eigenvalue weighted by Crippen LogP contribution is -2.51. The average Bonchev–Trinajstić information content (AvgIpc) is 2.78. The number of rotatable bonds is 8. The topological polar surface area (TPSA) is 79.4 Å². The highest BCUT2D eigenvalue weighted by atomic mass is 32.2. The first kappa shape index (κ1) is 25.9. The van der Waals surface area contributed by atoms with E-state index in [0.717, 1.165) is 32.4 Å². The molecule has 0 aromatic heterocycles. The predicted molar refractivity (Wildman–Crippen MR) is 128 cm³/mol. The number of methoxy groups -OCH3 is 1. The zero-order chi connectivity index (χ0) is 24.2. The molecule has 3 rings (SSSR count). The van der Waals surface area contributed by atoms with Gasteiger partial charge in [0.2, 0.25) is 15.9 Å². The molecule has 0 N–H and O–H groups in total. The van der Waals surface area contributed by atoms with E-state index < -0.39 is 10.0 Å². The molecule has 1 unspecified atom stereocenters. The fourth-order valence-corrected chi connectivity index (χ4v) is 6.97. The molecular formula is C24H39N3O5S. The van der Waals surface area contributed by atoms with Gasteiger partial charge in [-0.3, -0.25) is 9.69 Å². The molecule has 0 spiro atoms. The Morgan fingerprint density at radius 1 is 1.06 bits per heavy atom. The molecule has 2 fully saturated rings. The van der Waals surface area contributed by atoms with Crippen LogP contribution in [0.3, 0.4) is 0 Å². The van der Waals surface area contributed by atoms with Gasteiger partial charge in [-0.2, -0.15) is 4.31 Å². The summed E-state index contributed by atoms with van der Waals surface area (Å²) < 4.78 is 39.9. The minimum Gasteiger partial charge on any atom is -0.497 e. The minimum absolute atomic E-state index is 0.00728. The van der Waals surface area contributed by atoms with Gasteiger partial charge in [0.15, 0.2) is 0 Å². The number of hydrogen-bond donors (Lipinski definition) is 0. The van der Waals surface area contributed by atoms with Gasteiger partial charge in [-0.15, -0.1) is 0 Å². The third-order valence-electron chi connectivity index (χ3n) is 6.74. The van der Waals surface area contributed by atoms with Gasteiger partial charge in [0.25, 0.3) is 0 Å². The maximum atomic E-state index is 13.6. The van der Waals surface area contributed by atoms with Crippen LogP contribution in [-0.2, 0) is 19.6 Å². The van der Waals surface area contributed by atoms with E-state index in [2.05, 4.69) is 18.7 Å². The van der Waals surface area contributed by atoms with Crippen molar-refractivity contribution in [2.24, 2.45) is 0 Å². The maximum Gasteiger partial charge on any atom is 0.248 e. The van der Waals surface area contributed by atoms with Crippen molar-refractivity contribution >= 4 is 15.9 Å². The van der Waals surface area contributed by atoms with Crippen LogP contribution in [0.15, 0.2) is 17.0 Å². The fraction of sp³-hybridized carbons (Fsp3) is 0.708. The Morgan fingerprint density at radius 3 is 2.27 bits per heavy atom. The van der Waals surface area contributed by atoms with Gasteiger partial charge in [0.1, 0.15) is 12.4 Å². The van der Waals surface area contributed by atoms with Crippen molar-refractivity contribution < 1.29 is 22.7 Å². The standard InChI is InChI=1S/C24H39N3O5S/c1-18(2)25-10-12-26(13-11-25)23(28)17-32-16-21-8-6-7-9-27(21)33(29,30)24-19(3)14-22(31-5)15-20(24)4/h14-15,18,21H,6-13,16-17H2,1-5H3. The second kappa shape index (κ2) is 11.2. The predicted octanol–water partition coefficient (Wildman–Crippen LogP) is 2.42. The zero-order valence-electron chi connectivity index (χ0n) is 20.7. The van der Waals surface area contributed by atoms with Gasteiger partial charge in [0, 0.05) is 44.8 Å². The van der Waals surface area contributed by atoms with E-state index in [1.807, 2.05) is 4.90 Å². The summed E-state index contributed by atoms with van der Waals surface area (Å²) >= 11 is 0. The van der Waals surface area contributed by atoms with Crippen LogP contribution in [0.1, 0.15) is 44.2 Å². The summed E-state index contributed by atoms with van der Waals surface area (Å²) in [7, 11) is -2.11. The lowest BCUT2D eigenvalue weighted by atomic mass is 10.1. The summed E-state index contributed by atoms with van der Waals surface area (Å²) in [6.45, 7) is 11.8. The molecular weight excluding hydrogens is 442 g/mol. The number of benzene rings is 1. The van der Waals surface area contributed by atoms with E-state index in [4.69, 9.17) is 9.47 Å². The molecule has 0 aliphatic carbocycles. The van der Waals surface area contributed by atoms with E-state index in [1.54, 1.807) is 37.4 Å². The normalized spacial score (nSPS) is 20.9. The van der Waals surface area contributed by atoms with Crippen LogP contribution >= 0.6 is 0 Å². The van der Waals surface area contributed by atoms with Crippen molar-refractivity contribution in [3.8, 4) is 5.75 Å². The third kappa shape index (κ3) is 6.07. The highest BCUT2D eigenvalue weighted by Crippen LogP contribution is 2.31. The number of piperazine rings is 1. The molecule has 1 aromatic carbocycles. The van der Waals surface area contributed by atoms with Crippen LogP contribution in [0.2, 0.25) is 0 Å². The van der Waals surface area contributed by atoms with Gasteiger partial charge in [-0.25, -0.2) is 8.42 Å². The summed E-state index contributed by atoms with van der Waals surface area (Å²) in [6.07, 6.45) is 2.50. The molecule has 2 aliphatic heterocycles. The van der Waals surface area contributed by atoms with Crippen LogP contribution in [0.5, 0.6) is 5.75 Å². The van der Waals surface area contributed by atoms with E-state index in [0.29, 0.717) is 47.4 Å². The summed E-state index contributed by atoms with van der Waals surface area (Å²) in [6, 6.07) is 3.73. The highest BCUT2D eigenvalue weighted by molar-refractivity contribution is 7.89. The molecule has 2 saturated heterocycles. The Bertz CT molecular complexity index is 903. The quantitative estimate of drug-likeness (QED) is 0.567. The summed E-state index contributed by atoms with van der Waals surface area (Å²) in [5.74, 6) is 0.626. The first-order valence-corrected chi connectivity index (χ1v) is 13.4. The summed E-state index contributed by atoms with van der Waals surface area (Å²) in [4.78, 5) is 17.2. The van der Waals surface area contributed by atoms with Crippen molar-refractivity contribution in [3.05, 3.63) is 23.3 Å². The first-order chi connectivity index (χ1) is 15.6. The molecule has 8 nitrogen and oxygen atoms in total. The lowest BCUT2D eigenvalue weighted by molar-refractivity contribution is -0.138. The Balaban J connectivity index is 1.62. The van der Waals surface area contributed by atoms with E-state index in [1.165, 1.54) is 0 Å². The molecule has 1 amide bonds. The minimum atomic E-state index is -3.69. The number of carbonyl (C=O) groups is 1. The van der Waals surface area contributed by atoms with Gasteiger partial charge >= 0.3 is 0 Å². The Labute approximate surface area is 198 Å². The second-order valence-electron chi connectivity index (χ2n) is 9.38. The fourth-order valence-electron chi connectivity index (χ4n) is 4.87. The maximum absolute atomic E-state index is 13.6. The van der Waals surface area contributed by atoms with Crippen molar-refractivity contribution in [3.63, 3.8) is 0 Å². The number of ether oxygens (including phenoxy) is 2. The Kier molecular flexibility index (Phi) is 8.77. The number of piperidine rings is 1. The van der Waals surface area contributed by atoms with Crippen LogP contribution in [0.4, 0.5) is 0 Å². The monoisotopic (exact) mass is 481 g/mol. The summed E-state index contributed by atoms with van der Waals surface area (Å²) in [5, 5.41) is 0. The molecule has 2 aliphatic rings. The molecule has 186 valence electrons. The molecule has 2 heterocycles. The smallest absolute Gasteiger partial charge is 0.248 e. The molecule has 0 saturated carbocycles. The molecule has 33 heavy (non-hydrogen) atoms. The van der Waals surface area contributed by atoms with Crippen molar-refractivity contribution in [1.29, 1.82) is 0 Å². The second-order valence-corrected chi connectivity index (χ2v) is 11.2.